The van der Waals surface area contributed by atoms with Crippen LogP contribution in [-0.2, 0) is 17.8 Å². The highest BCUT2D eigenvalue weighted by Crippen LogP contribution is 2.20. The second kappa shape index (κ2) is 6.25. The van der Waals surface area contributed by atoms with Gasteiger partial charge in [0, 0.05) is 20.1 Å². The van der Waals surface area contributed by atoms with E-state index in [0.717, 1.165) is 11.1 Å². The van der Waals surface area contributed by atoms with Crippen molar-refractivity contribution in [2.45, 2.75) is 13.0 Å². The Morgan fingerprint density at radius 1 is 1.29 bits per heavy atom. The fourth-order valence-corrected chi connectivity index (χ4v) is 2.22. The molecule has 21 heavy (non-hydrogen) atoms. The molecule has 0 unspecified atom stereocenters. The topological polar surface area (TPSA) is 98.7 Å². The van der Waals surface area contributed by atoms with Gasteiger partial charge in [0.1, 0.15) is 0 Å². The van der Waals surface area contributed by atoms with Gasteiger partial charge in [-0.05, 0) is 29.7 Å². The molecule has 1 heterocycles. The van der Waals surface area contributed by atoms with Crippen LogP contribution in [0.1, 0.15) is 21.5 Å². The molecule has 1 aliphatic rings. The van der Waals surface area contributed by atoms with E-state index in [9.17, 15) is 14.4 Å². The minimum Gasteiger partial charge on any atom is -0.478 e. The van der Waals surface area contributed by atoms with Crippen molar-refractivity contribution in [2.24, 2.45) is 0 Å². The second-order valence-corrected chi connectivity index (χ2v) is 4.79. The Labute approximate surface area is 121 Å². The molecule has 0 saturated heterocycles. The van der Waals surface area contributed by atoms with Gasteiger partial charge in [-0.25, -0.2) is 9.59 Å². The summed E-state index contributed by atoms with van der Waals surface area (Å²) >= 11 is 0. The number of likely N-dealkylation sites (N-methyl/N-ethyl adjacent to an activating group) is 1. The molecule has 0 radical (unpaired) electrons. The standard InChI is InChI=1S/C14H17N3O4/c1-15-12(18)7-16-14(21)17-5-4-9-2-3-10(13(19)20)6-11(9)8-17/h2-3,6H,4-5,7-8H2,1H3,(H,15,18)(H,16,21)(H,19,20). The van der Waals surface area contributed by atoms with Gasteiger partial charge in [0.05, 0.1) is 12.1 Å². The van der Waals surface area contributed by atoms with Crippen molar-refractivity contribution < 1.29 is 19.5 Å². The molecule has 0 bridgehead atoms. The van der Waals surface area contributed by atoms with Crippen LogP contribution in [0.2, 0.25) is 0 Å². The van der Waals surface area contributed by atoms with Crippen LogP contribution in [0, 0.1) is 0 Å². The summed E-state index contributed by atoms with van der Waals surface area (Å²) in [6, 6.07) is 4.63. The van der Waals surface area contributed by atoms with Gasteiger partial charge in [-0.3, -0.25) is 4.79 Å². The lowest BCUT2D eigenvalue weighted by Gasteiger charge is -2.29. The summed E-state index contributed by atoms with van der Waals surface area (Å²) in [5, 5.41) is 13.9. The number of carboxylic acid groups (broad SMARTS) is 1. The molecule has 3 amide bonds. The van der Waals surface area contributed by atoms with Crippen LogP contribution in [0.3, 0.4) is 0 Å². The first-order valence-corrected chi connectivity index (χ1v) is 6.59. The van der Waals surface area contributed by atoms with E-state index in [2.05, 4.69) is 10.6 Å². The maximum Gasteiger partial charge on any atom is 0.335 e. The van der Waals surface area contributed by atoms with Gasteiger partial charge >= 0.3 is 12.0 Å². The summed E-state index contributed by atoms with van der Waals surface area (Å²) in [4.78, 5) is 35.6. The number of nitrogens with zero attached hydrogens (tertiary/aromatic N) is 1. The molecule has 0 aliphatic carbocycles. The van der Waals surface area contributed by atoms with Crippen LogP contribution in [0.5, 0.6) is 0 Å². The van der Waals surface area contributed by atoms with Crippen molar-refractivity contribution in [3.8, 4) is 0 Å². The molecule has 7 nitrogen and oxygen atoms in total. The van der Waals surface area contributed by atoms with Gasteiger partial charge < -0.3 is 20.6 Å². The number of amides is 3. The third kappa shape index (κ3) is 3.50. The number of urea groups is 1. The third-order valence-electron chi connectivity index (χ3n) is 3.43. The summed E-state index contributed by atoms with van der Waals surface area (Å²) in [5.74, 6) is -1.26. The van der Waals surface area contributed by atoms with Gasteiger partial charge in [0.2, 0.25) is 5.91 Å². The Morgan fingerprint density at radius 3 is 2.71 bits per heavy atom. The first kappa shape index (κ1) is 14.8. The second-order valence-electron chi connectivity index (χ2n) is 4.79. The number of hydrogen-bond donors (Lipinski definition) is 3. The Kier molecular flexibility index (Phi) is 4.42. The highest BCUT2D eigenvalue weighted by atomic mass is 16.4. The van der Waals surface area contributed by atoms with Crippen LogP contribution in [0.4, 0.5) is 4.79 Å². The fourth-order valence-electron chi connectivity index (χ4n) is 2.22. The van der Waals surface area contributed by atoms with Gasteiger partial charge in [-0.2, -0.15) is 0 Å². The molecular formula is C14H17N3O4. The van der Waals surface area contributed by atoms with Crippen LogP contribution in [-0.4, -0.2) is 48.1 Å². The number of hydrogen-bond acceptors (Lipinski definition) is 3. The van der Waals surface area contributed by atoms with E-state index in [0.29, 0.717) is 19.5 Å². The zero-order valence-corrected chi connectivity index (χ0v) is 11.7. The average Bonchev–Trinajstić information content (AvgIpc) is 2.50. The van der Waals surface area contributed by atoms with E-state index in [1.807, 2.05) is 0 Å². The number of benzene rings is 1. The maximum atomic E-state index is 12.0. The van der Waals surface area contributed by atoms with Gasteiger partial charge in [0.25, 0.3) is 0 Å². The lowest BCUT2D eigenvalue weighted by Crippen LogP contribution is -2.45. The lowest BCUT2D eigenvalue weighted by atomic mass is 9.97. The van der Waals surface area contributed by atoms with Crippen LogP contribution >= 0.6 is 0 Å². The van der Waals surface area contributed by atoms with Crippen molar-refractivity contribution in [3.05, 3.63) is 34.9 Å². The lowest BCUT2D eigenvalue weighted by molar-refractivity contribution is -0.119. The summed E-state index contributed by atoms with van der Waals surface area (Å²) in [5.41, 5.74) is 2.09. The van der Waals surface area contributed by atoms with Crippen molar-refractivity contribution in [1.29, 1.82) is 0 Å². The first-order valence-electron chi connectivity index (χ1n) is 6.59. The maximum absolute atomic E-state index is 12.0. The molecule has 0 aromatic heterocycles. The van der Waals surface area contributed by atoms with Crippen LogP contribution in [0.15, 0.2) is 18.2 Å². The number of carbonyl (C=O) groups excluding carboxylic acids is 2. The predicted octanol–water partition coefficient (Wildman–Crippen LogP) is 0.199. The third-order valence-corrected chi connectivity index (χ3v) is 3.43. The number of carbonyl (C=O) groups is 3. The molecule has 0 atom stereocenters. The van der Waals surface area contributed by atoms with E-state index in [4.69, 9.17) is 5.11 Å². The number of rotatable bonds is 3. The van der Waals surface area contributed by atoms with Crippen molar-refractivity contribution >= 4 is 17.9 Å². The SMILES string of the molecule is CNC(=O)CNC(=O)N1CCc2ccc(C(=O)O)cc2C1. The molecule has 0 spiro atoms. The van der Waals surface area contributed by atoms with E-state index >= 15 is 0 Å². The molecule has 1 aromatic rings. The number of carboxylic acids is 1. The minimum atomic E-state index is -0.987. The zero-order valence-electron chi connectivity index (χ0n) is 11.7. The first-order chi connectivity index (χ1) is 10.0. The Balaban J connectivity index is 2.04. The van der Waals surface area contributed by atoms with Crippen LogP contribution in [0.25, 0.3) is 0 Å². The van der Waals surface area contributed by atoms with E-state index in [1.165, 1.54) is 7.05 Å². The Hall–Kier alpha value is -2.57. The summed E-state index contributed by atoms with van der Waals surface area (Å²) in [7, 11) is 1.50. The molecule has 1 aromatic carbocycles. The highest BCUT2D eigenvalue weighted by molar-refractivity contribution is 5.88. The molecular weight excluding hydrogens is 274 g/mol. The minimum absolute atomic E-state index is 0.0755. The number of aromatic carboxylic acids is 1. The molecule has 0 fully saturated rings. The van der Waals surface area contributed by atoms with Crippen LogP contribution < -0.4 is 10.6 Å². The quantitative estimate of drug-likeness (QED) is 0.740. The van der Waals surface area contributed by atoms with Crippen molar-refractivity contribution in [2.75, 3.05) is 20.1 Å². The molecule has 112 valence electrons. The molecule has 3 N–H and O–H groups in total. The average molecular weight is 291 g/mol. The summed E-state index contributed by atoms with van der Waals surface area (Å²) in [6.07, 6.45) is 0.669. The largest absolute Gasteiger partial charge is 0.478 e. The number of fused-ring (bicyclic) bond motifs is 1. The number of nitrogens with one attached hydrogen (secondary N) is 2. The Morgan fingerprint density at radius 2 is 2.05 bits per heavy atom. The molecule has 7 heteroatoms. The molecule has 0 saturated carbocycles. The van der Waals surface area contributed by atoms with E-state index in [1.54, 1.807) is 23.1 Å². The summed E-state index contributed by atoms with van der Waals surface area (Å²) in [6.45, 7) is 0.808. The normalized spacial score (nSPS) is 13.3. The van der Waals surface area contributed by atoms with Gasteiger partial charge in [-0.1, -0.05) is 6.07 Å². The van der Waals surface area contributed by atoms with E-state index < -0.39 is 5.97 Å². The summed E-state index contributed by atoms with van der Waals surface area (Å²) < 4.78 is 0. The fraction of sp³-hybridized carbons (Fsp3) is 0.357. The van der Waals surface area contributed by atoms with Crippen molar-refractivity contribution in [3.63, 3.8) is 0 Å². The van der Waals surface area contributed by atoms with E-state index in [-0.39, 0.29) is 24.0 Å². The molecule has 2 rings (SSSR count). The molecule has 1 aliphatic heterocycles. The predicted molar refractivity (Wildman–Crippen MR) is 75.0 cm³/mol. The zero-order chi connectivity index (χ0) is 15.4. The highest BCUT2D eigenvalue weighted by Gasteiger charge is 2.21. The monoisotopic (exact) mass is 291 g/mol. The smallest absolute Gasteiger partial charge is 0.335 e. The van der Waals surface area contributed by atoms with Gasteiger partial charge in [0.15, 0.2) is 0 Å². The van der Waals surface area contributed by atoms with Crippen molar-refractivity contribution in [1.82, 2.24) is 15.5 Å². The van der Waals surface area contributed by atoms with Gasteiger partial charge in [-0.15, -0.1) is 0 Å². The Bertz CT molecular complexity index is 586.